The Labute approximate surface area is 98.1 Å². The van der Waals surface area contributed by atoms with Gasteiger partial charge in [-0.25, -0.2) is 4.98 Å². The van der Waals surface area contributed by atoms with Gasteiger partial charge in [0, 0.05) is 20.0 Å². The highest BCUT2D eigenvalue weighted by atomic mass is 16.1. The highest BCUT2D eigenvalue weighted by Crippen LogP contribution is 2.04. The van der Waals surface area contributed by atoms with Crippen LogP contribution in [0, 0.1) is 0 Å². The lowest BCUT2D eigenvalue weighted by molar-refractivity contribution is -0.120. The molecule has 0 aliphatic rings. The number of nitrogens with zero attached hydrogens (tertiary/aromatic N) is 2. The van der Waals surface area contributed by atoms with E-state index in [1.165, 1.54) is 10.9 Å². The smallest absolute Gasteiger partial charge is 0.261 e. The minimum atomic E-state index is -0.112. The van der Waals surface area contributed by atoms with Gasteiger partial charge in [0.05, 0.1) is 17.2 Å². The largest absolute Gasteiger partial charge is 0.359 e. The molecule has 0 fully saturated rings. The van der Waals surface area contributed by atoms with E-state index >= 15 is 0 Å². The Balaban J connectivity index is 2.33. The van der Waals surface area contributed by atoms with Crippen LogP contribution in [0.25, 0.3) is 10.9 Å². The second-order valence-electron chi connectivity index (χ2n) is 3.68. The molecule has 0 bridgehead atoms. The number of nitrogens with one attached hydrogen (secondary N) is 1. The average Bonchev–Trinajstić information content (AvgIpc) is 2.38. The molecule has 0 aliphatic heterocycles. The van der Waals surface area contributed by atoms with E-state index in [-0.39, 0.29) is 17.9 Å². The van der Waals surface area contributed by atoms with Crippen molar-refractivity contribution in [3.8, 4) is 0 Å². The van der Waals surface area contributed by atoms with Crippen LogP contribution in [-0.2, 0) is 11.3 Å². The molecule has 2 rings (SSSR count). The van der Waals surface area contributed by atoms with Crippen LogP contribution in [0.15, 0.2) is 35.4 Å². The molecule has 1 heterocycles. The van der Waals surface area contributed by atoms with Gasteiger partial charge in [-0.2, -0.15) is 0 Å². The van der Waals surface area contributed by atoms with E-state index in [9.17, 15) is 9.59 Å². The summed E-state index contributed by atoms with van der Waals surface area (Å²) in [6.45, 7) is 0.344. The molecule has 1 aromatic heterocycles. The molecular formula is C12H13N3O2. The van der Waals surface area contributed by atoms with Crippen LogP contribution in [-0.4, -0.2) is 22.5 Å². The van der Waals surface area contributed by atoms with E-state index in [0.29, 0.717) is 17.4 Å². The van der Waals surface area contributed by atoms with Gasteiger partial charge >= 0.3 is 0 Å². The van der Waals surface area contributed by atoms with Crippen molar-refractivity contribution in [1.82, 2.24) is 14.9 Å². The van der Waals surface area contributed by atoms with Crippen LogP contribution in [0.2, 0.25) is 0 Å². The molecule has 17 heavy (non-hydrogen) atoms. The Morgan fingerprint density at radius 3 is 2.94 bits per heavy atom. The normalized spacial score (nSPS) is 10.4. The Bertz CT molecular complexity index is 604. The molecule has 0 spiro atoms. The molecule has 0 atom stereocenters. The van der Waals surface area contributed by atoms with Crippen molar-refractivity contribution >= 4 is 16.8 Å². The lowest BCUT2D eigenvalue weighted by atomic mass is 10.2. The van der Waals surface area contributed by atoms with E-state index in [1.54, 1.807) is 25.2 Å². The predicted molar refractivity (Wildman–Crippen MR) is 64.7 cm³/mol. The molecule has 0 radical (unpaired) electrons. The molecule has 1 aromatic carbocycles. The first-order chi connectivity index (χ1) is 8.22. The zero-order valence-electron chi connectivity index (χ0n) is 9.51. The van der Waals surface area contributed by atoms with Crippen molar-refractivity contribution in [1.29, 1.82) is 0 Å². The molecule has 0 saturated carbocycles. The molecule has 1 N–H and O–H groups in total. The summed E-state index contributed by atoms with van der Waals surface area (Å²) >= 11 is 0. The lowest BCUT2D eigenvalue weighted by Crippen LogP contribution is -2.25. The number of rotatable bonds is 3. The molecule has 0 unspecified atom stereocenters. The maximum absolute atomic E-state index is 12.0. The minimum Gasteiger partial charge on any atom is -0.359 e. The Morgan fingerprint density at radius 2 is 2.18 bits per heavy atom. The Kier molecular flexibility index (Phi) is 3.18. The summed E-state index contributed by atoms with van der Waals surface area (Å²) in [6.07, 6.45) is 1.75. The Morgan fingerprint density at radius 1 is 1.41 bits per heavy atom. The fourth-order valence-corrected chi connectivity index (χ4v) is 1.61. The topological polar surface area (TPSA) is 64.0 Å². The van der Waals surface area contributed by atoms with Gasteiger partial charge < -0.3 is 5.32 Å². The molecule has 0 aliphatic carbocycles. The van der Waals surface area contributed by atoms with Crippen LogP contribution in [0.3, 0.4) is 0 Å². The number of fused-ring (bicyclic) bond motifs is 1. The molecule has 0 saturated heterocycles. The highest BCUT2D eigenvalue weighted by molar-refractivity contribution is 5.77. The van der Waals surface area contributed by atoms with Gasteiger partial charge in [-0.1, -0.05) is 12.1 Å². The van der Waals surface area contributed by atoms with E-state index in [0.717, 1.165) is 0 Å². The monoisotopic (exact) mass is 231 g/mol. The van der Waals surface area contributed by atoms with Gasteiger partial charge in [0.1, 0.15) is 0 Å². The maximum Gasteiger partial charge on any atom is 0.261 e. The molecule has 5 nitrogen and oxygen atoms in total. The van der Waals surface area contributed by atoms with Crippen molar-refractivity contribution < 1.29 is 4.79 Å². The van der Waals surface area contributed by atoms with Crippen LogP contribution < -0.4 is 10.9 Å². The van der Waals surface area contributed by atoms with Crippen LogP contribution in [0.5, 0.6) is 0 Å². The van der Waals surface area contributed by atoms with Crippen LogP contribution in [0.1, 0.15) is 6.42 Å². The minimum absolute atomic E-state index is 0.0925. The van der Waals surface area contributed by atoms with E-state index in [4.69, 9.17) is 0 Å². The van der Waals surface area contributed by atoms with Crippen molar-refractivity contribution in [2.24, 2.45) is 0 Å². The molecule has 88 valence electrons. The van der Waals surface area contributed by atoms with Gasteiger partial charge in [-0.05, 0) is 12.1 Å². The molecular weight excluding hydrogens is 218 g/mol. The van der Waals surface area contributed by atoms with E-state index < -0.39 is 0 Å². The number of aryl methyl sites for hydroxylation is 1. The third kappa shape index (κ3) is 2.33. The third-order valence-corrected chi connectivity index (χ3v) is 2.59. The third-order valence-electron chi connectivity index (χ3n) is 2.59. The fraction of sp³-hybridized carbons (Fsp3) is 0.250. The first kappa shape index (κ1) is 11.3. The fourth-order valence-electron chi connectivity index (χ4n) is 1.61. The lowest BCUT2D eigenvalue weighted by Gasteiger charge is -2.05. The van der Waals surface area contributed by atoms with Gasteiger partial charge in [0.25, 0.3) is 5.56 Å². The molecule has 1 amide bonds. The van der Waals surface area contributed by atoms with Crippen molar-refractivity contribution in [3.63, 3.8) is 0 Å². The van der Waals surface area contributed by atoms with E-state index in [1.807, 2.05) is 6.07 Å². The van der Waals surface area contributed by atoms with Crippen molar-refractivity contribution in [3.05, 3.63) is 40.9 Å². The number of hydrogen-bond donors (Lipinski definition) is 1. The second kappa shape index (κ2) is 4.78. The molecule has 2 aromatic rings. The maximum atomic E-state index is 12.0. The number of amides is 1. The summed E-state index contributed by atoms with van der Waals surface area (Å²) in [7, 11) is 1.57. The van der Waals surface area contributed by atoms with Gasteiger partial charge in [-0.3, -0.25) is 14.2 Å². The first-order valence-corrected chi connectivity index (χ1v) is 5.37. The number of hydrogen-bond acceptors (Lipinski definition) is 3. The van der Waals surface area contributed by atoms with Crippen molar-refractivity contribution in [2.75, 3.05) is 7.05 Å². The number of carbonyl (C=O) groups excluding carboxylic acids is 1. The van der Waals surface area contributed by atoms with Gasteiger partial charge in [0.2, 0.25) is 5.91 Å². The summed E-state index contributed by atoms with van der Waals surface area (Å²) in [5.41, 5.74) is 0.563. The predicted octanol–water partition coefficient (Wildman–Crippen LogP) is 0.533. The number of aromatic nitrogens is 2. The summed E-state index contributed by atoms with van der Waals surface area (Å²) in [6, 6.07) is 7.17. The van der Waals surface area contributed by atoms with E-state index in [2.05, 4.69) is 10.3 Å². The van der Waals surface area contributed by atoms with Gasteiger partial charge in [0.15, 0.2) is 0 Å². The summed E-state index contributed by atoms with van der Waals surface area (Å²) in [4.78, 5) is 27.3. The summed E-state index contributed by atoms with van der Waals surface area (Å²) in [5, 5.41) is 3.09. The zero-order chi connectivity index (χ0) is 12.3. The SMILES string of the molecule is CNC(=O)CCn1cnc2ccccc2c1=O. The average molecular weight is 231 g/mol. The van der Waals surface area contributed by atoms with Crippen LogP contribution >= 0.6 is 0 Å². The van der Waals surface area contributed by atoms with Crippen LogP contribution in [0.4, 0.5) is 0 Å². The number of para-hydroxylation sites is 1. The van der Waals surface area contributed by atoms with Gasteiger partial charge in [-0.15, -0.1) is 0 Å². The second-order valence-corrected chi connectivity index (χ2v) is 3.68. The first-order valence-electron chi connectivity index (χ1n) is 5.37. The summed E-state index contributed by atoms with van der Waals surface area (Å²) in [5.74, 6) is -0.0925. The number of carbonyl (C=O) groups is 1. The molecule has 5 heteroatoms. The van der Waals surface area contributed by atoms with Crippen molar-refractivity contribution in [2.45, 2.75) is 13.0 Å². The number of benzene rings is 1. The zero-order valence-corrected chi connectivity index (χ0v) is 9.51. The quantitative estimate of drug-likeness (QED) is 0.838. The highest BCUT2D eigenvalue weighted by Gasteiger charge is 2.04. The Hall–Kier alpha value is -2.17. The summed E-state index contributed by atoms with van der Waals surface area (Å²) < 4.78 is 1.46. The standard InChI is InChI=1S/C12H13N3O2/c1-13-11(16)6-7-15-8-14-10-5-3-2-4-9(10)12(15)17/h2-5,8H,6-7H2,1H3,(H,13,16).